The third-order valence-electron chi connectivity index (χ3n) is 4.81. The molecule has 9 heteroatoms. The van der Waals surface area contributed by atoms with E-state index in [2.05, 4.69) is 20.5 Å². The molecule has 1 aromatic heterocycles. The van der Waals surface area contributed by atoms with E-state index >= 15 is 0 Å². The van der Waals surface area contributed by atoms with Gasteiger partial charge in [-0.15, -0.1) is 0 Å². The molecule has 1 fully saturated rings. The second-order valence-corrected chi connectivity index (χ2v) is 9.36. The molecule has 0 radical (unpaired) electrons. The number of alkyl carbamates (subject to hydrolysis) is 1. The molecule has 2 aromatic rings. The van der Waals surface area contributed by atoms with E-state index in [0.29, 0.717) is 31.1 Å². The number of H-pyrrole nitrogens is 1. The number of benzene rings is 1. The Kier molecular flexibility index (Phi) is 7.36. The largest absolute Gasteiger partial charge is 0.444 e. The van der Waals surface area contributed by atoms with Crippen molar-refractivity contribution < 1.29 is 14.3 Å². The van der Waals surface area contributed by atoms with Gasteiger partial charge < -0.3 is 15.0 Å². The molecule has 2 N–H and O–H groups in total. The van der Waals surface area contributed by atoms with Gasteiger partial charge in [0.2, 0.25) is 0 Å². The SMILES string of the molecule is CC(C)(C)OC(=O)NCC1CCN(C(=O)c2ccc(CSc3ncn[nH]3)cc2)CC1. The first-order chi connectivity index (χ1) is 14.3. The van der Waals surface area contributed by atoms with Crippen LogP contribution in [0.15, 0.2) is 35.7 Å². The van der Waals surface area contributed by atoms with Crippen LogP contribution in [-0.4, -0.2) is 57.3 Å². The Labute approximate surface area is 181 Å². The van der Waals surface area contributed by atoms with Crippen LogP contribution in [0.25, 0.3) is 0 Å². The van der Waals surface area contributed by atoms with Gasteiger partial charge in [0, 0.05) is 31.0 Å². The fourth-order valence-electron chi connectivity index (χ4n) is 3.22. The molecule has 1 aliphatic rings. The fourth-order valence-corrected chi connectivity index (χ4v) is 3.96. The normalized spacial score (nSPS) is 15.1. The van der Waals surface area contributed by atoms with E-state index in [1.165, 1.54) is 6.33 Å². The zero-order chi connectivity index (χ0) is 21.6. The number of nitrogens with one attached hydrogen (secondary N) is 2. The number of amides is 2. The van der Waals surface area contributed by atoms with Gasteiger partial charge in [-0.3, -0.25) is 9.89 Å². The Bertz CT molecular complexity index is 825. The maximum absolute atomic E-state index is 12.8. The van der Waals surface area contributed by atoms with Gasteiger partial charge in [-0.1, -0.05) is 23.9 Å². The van der Waals surface area contributed by atoms with E-state index in [-0.39, 0.29) is 12.0 Å². The summed E-state index contributed by atoms with van der Waals surface area (Å²) >= 11 is 1.57. The smallest absolute Gasteiger partial charge is 0.407 e. The molecular weight excluding hydrogens is 402 g/mol. The number of ether oxygens (including phenoxy) is 1. The van der Waals surface area contributed by atoms with Crippen molar-refractivity contribution in [3.8, 4) is 0 Å². The van der Waals surface area contributed by atoms with Crippen molar-refractivity contribution in [1.82, 2.24) is 25.4 Å². The molecule has 0 atom stereocenters. The van der Waals surface area contributed by atoms with Crippen LogP contribution in [0.3, 0.4) is 0 Å². The number of hydrogen-bond donors (Lipinski definition) is 2. The molecule has 0 bridgehead atoms. The average molecular weight is 432 g/mol. The van der Waals surface area contributed by atoms with E-state index in [1.807, 2.05) is 49.9 Å². The van der Waals surface area contributed by atoms with Crippen LogP contribution < -0.4 is 5.32 Å². The molecule has 1 aromatic carbocycles. The molecule has 2 heterocycles. The van der Waals surface area contributed by atoms with Gasteiger partial charge in [0.15, 0.2) is 5.16 Å². The number of carbonyl (C=O) groups is 2. The highest BCUT2D eigenvalue weighted by molar-refractivity contribution is 7.98. The van der Waals surface area contributed by atoms with Gasteiger partial charge in [-0.25, -0.2) is 9.78 Å². The number of aromatic amines is 1. The summed E-state index contributed by atoms with van der Waals surface area (Å²) in [4.78, 5) is 30.6. The third-order valence-corrected chi connectivity index (χ3v) is 5.75. The highest BCUT2D eigenvalue weighted by atomic mass is 32.2. The molecular formula is C21H29N5O3S. The van der Waals surface area contributed by atoms with E-state index in [0.717, 1.165) is 29.3 Å². The molecule has 0 aliphatic carbocycles. The summed E-state index contributed by atoms with van der Waals surface area (Å²) in [6.07, 6.45) is 2.84. The van der Waals surface area contributed by atoms with Crippen LogP contribution in [0.4, 0.5) is 4.79 Å². The predicted octanol–water partition coefficient (Wildman–Crippen LogP) is 3.47. The molecule has 0 unspecified atom stereocenters. The summed E-state index contributed by atoms with van der Waals surface area (Å²) in [6.45, 7) is 7.51. The lowest BCUT2D eigenvalue weighted by molar-refractivity contribution is 0.0500. The van der Waals surface area contributed by atoms with Gasteiger partial charge in [0.25, 0.3) is 5.91 Å². The Morgan fingerprint density at radius 3 is 2.53 bits per heavy atom. The van der Waals surface area contributed by atoms with Crippen molar-refractivity contribution in [2.24, 2.45) is 5.92 Å². The van der Waals surface area contributed by atoms with Gasteiger partial charge in [-0.05, 0) is 57.2 Å². The minimum atomic E-state index is -0.496. The van der Waals surface area contributed by atoms with Gasteiger partial charge in [0.1, 0.15) is 11.9 Å². The van der Waals surface area contributed by atoms with Crippen LogP contribution >= 0.6 is 11.8 Å². The number of thioether (sulfide) groups is 1. The average Bonchev–Trinajstić information content (AvgIpc) is 3.23. The Morgan fingerprint density at radius 1 is 1.23 bits per heavy atom. The lowest BCUT2D eigenvalue weighted by atomic mass is 9.96. The maximum Gasteiger partial charge on any atom is 0.407 e. The zero-order valence-electron chi connectivity index (χ0n) is 17.7. The van der Waals surface area contributed by atoms with E-state index < -0.39 is 5.60 Å². The predicted molar refractivity (Wildman–Crippen MR) is 115 cm³/mol. The van der Waals surface area contributed by atoms with Crippen LogP contribution in [0.5, 0.6) is 0 Å². The van der Waals surface area contributed by atoms with Gasteiger partial charge in [0.05, 0.1) is 0 Å². The first kappa shape index (κ1) is 22.1. The highest BCUT2D eigenvalue weighted by Crippen LogP contribution is 2.21. The number of hydrogen-bond acceptors (Lipinski definition) is 6. The Morgan fingerprint density at radius 2 is 1.93 bits per heavy atom. The van der Waals surface area contributed by atoms with Crippen LogP contribution in [0, 0.1) is 5.92 Å². The molecule has 30 heavy (non-hydrogen) atoms. The Balaban J connectivity index is 1.41. The van der Waals surface area contributed by atoms with E-state index in [1.54, 1.807) is 11.8 Å². The number of nitrogens with zero attached hydrogens (tertiary/aromatic N) is 3. The van der Waals surface area contributed by atoms with Gasteiger partial charge >= 0.3 is 6.09 Å². The molecule has 0 saturated carbocycles. The van der Waals surface area contributed by atoms with Crippen molar-refractivity contribution in [2.45, 2.75) is 50.1 Å². The van der Waals surface area contributed by atoms with Crippen molar-refractivity contribution >= 4 is 23.8 Å². The number of aromatic nitrogens is 3. The number of carbonyl (C=O) groups excluding carboxylic acids is 2. The second kappa shape index (κ2) is 9.97. The van der Waals surface area contributed by atoms with Crippen molar-refractivity contribution in [1.29, 1.82) is 0 Å². The molecule has 3 rings (SSSR count). The number of piperidine rings is 1. The minimum absolute atomic E-state index is 0.0583. The highest BCUT2D eigenvalue weighted by Gasteiger charge is 2.24. The molecule has 0 spiro atoms. The quantitative estimate of drug-likeness (QED) is 0.679. The Hall–Kier alpha value is -2.55. The summed E-state index contributed by atoms with van der Waals surface area (Å²) in [5.74, 6) is 1.18. The summed E-state index contributed by atoms with van der Waals surface area (Å²) in [5.41, 5.74) is 1.33. The summed E-state index contributed by atoms with van der Waals surface area (Å²) in [7, 11) is 0. The standard InChI is InChI=1S/C21H29N5O3S/c1-21(2,3)29-20(28)22-12-15-8-10-26(11-9-15)18(27)17-6-4-16(5-7-17)13-30-19-23-14-24-25-19/h4-7,14-15H,8-13H2,1-3H3,(H,22,28)(H,23,24,25). The van der Waals surface area contributed by atoms with Crippen molar-refractivity contribution in [2.75, 3.05) is 19.6 Å². The van der Waals surface area contributed by atoms with Crippen LogP contribution in [0.2, 0.25) is 0 Å². The lowest BCUT2D eigenvalue weighted by Gasteiger charge is -2.32. The van der Waals surface area contributed by atoms with Gasteiger partial charge in [-0.2, -0.15) is 5.10 Å². The van der Waals surface area contributed by atoms with Crippen molar-refractivity contribution in [3.05, 3.63) is 41.7 Å². The first-order valence-corrected chi connectivity index (χ1v) is 11.1. The van der Waals surface area contributed by atoms with Crippen molar-refractivity contribution in [3.63, 3.8) is 0 Å². The molecule has 1 saturated heterocycles. The minimum Gasteiger partial charge on any atom is -0.444 e. The fraction of sp³-hybridized carbons (Fsp3) is 0.524. The second-order valence-electron chi connectivity index (χ2n) is 8.39. The zero-order valence-corrected chi connectivity index (χ0v) is 18.5. The molecule has 8 nitrogen and oxygen atoms in total. The third kappa shape index (κ3) is 6.76. The van der Waals surface area contributed by atoms with E-state index in [4.69, 9.17) is 4.74 Å². The number of rotatable bonds is 6. The summed E-state index contributed by atoms with van der Waals surface area (Å²) in [6, 6.07) is 7.73. The molecule has 162 valence electrons. The maximum atomic E-state index is 12.8. The van der Waals surface area contributed by atoms with Crippen LogP contribution in [-0.2, 0) is 10.5 Å². The first-order valence-electron chi connectivity index (χ1n) is 10.1. The number of likely N-dealkylation sites (tertiary alicyclic amines) is 1. The summed E-state index contributed by atoms with van der Waals surface area (Å²) < 4.78 is 5.27. The lowest BCUT2D eigenvalue weighted by Crippen LogP contribution is -2.42. The monoisotopic (exact) mass is 431 g/mol. The van der Waals surface area contributed by atoms with Crippen LogP contribution in [0.1, 0.15) is 49.5 Å². The summed E-state index contributed by atoms with van der Waals surface area (Å²) in [5, 5.41) is 10.3. The molecule has 2 amide bonds. The molecule has 1 aliphatic heterocycles. The topological polar surface area (TPSA) is 100 Å². The van der Waals surface area contributed by atoms with E-state index in [9.17, 15) is 9.59 Å².